The summed E-state index contributed by atoms with van der Waals surface area (Å²) in [6, 6.07) is 5.09. The lowest BCUT2D eigenvalue weighted by Crippen LogP contribution is -2.38. The Morgan fingerprint density at radius 2 is 2.00 bits per heavy atom. The lowest BCUT2D eigenvalue weighted by molar-refractivity contribution is 0.179. The van der Waals surface area contributed by atoms with Crippen molar-refractivity contribution < 1.29 is 4.39 Å². The maximum Gasteiger partial charge on any atom is 0.127 e. The zero-order valence-electron chi connectivity index (χ0n) is 12.4. The summed E-state index contributed by atoms with van der Waals surface area (Å²) < 4.78 is 14.1. The number of benzene rings is 1. The fourth-order valence-electron chi connectivity index (χ4n) is 3.32. The first-order chi connectivity index (χ1) is 9.65. The van der Waals surface area contributed by atoms with Crippen molar-refractivity contribution in [2.45, 2.75) is 51.9 Å². The summed E-state index contributed by atoms with van der Waals surface area (Å²) in [6.07, 6.45) is 8.22. The predicted molar refractivity (Wildman–Crippen MR) is 83.8 cm³/mol. The van der Waals surface area contributed by atoms with E-state index < -0.39 is 0 Å². The molecule has 0 saturated heterocycles. The third-order valence-corrected chi connectivity index (χ3v) is 4.66. The topological polar surface area (TPSA) is 12.0 Å². The van der Waals surface area contributed by atoms with E-state index in [1.54, 1.807) is 6.07 Å². The largest absolute Gasteiger partial charge is 0.316 e. The summed E-state index contributed by atoms with van der Waals surface area (Å²) in [5.41, 5.74) is 1.04. The molecule has 0 atom stereocenters. The molecule has 1 aromatic rings. The second-order valence-corrected chi connectivity index (χ2v) is 6.59. The molecule has 0 amide bonds. The number of hydrogen-bond acceptors (Lipinski definition) is 1. The van der Waals surface area contributed by atoms with Gasteiger partial charge in [-0.15, -0.1) is 0 Å². The van der Waals surface area contributed by atoms with Crippen LogP contribution in [0.4, 0.5) is 4.39 Å². The number of nitrogens with one attached hydrogen (secondary N) is 1. The molecule has 1 fully saturated rings. The van der Waals surface area contributed by atoms with Crippen molar-refractivity contribution in [3.8, 4) is 0 Å². The highest BCUT2D eigenvalue weighted by Crippen LogP contribution is 2.39. The Kier molecular flexibility index (Phi) is 5.86. The normalized spacial score (nSPS) is 18.1. The van der Waals surface area contributed by atoms with Crippen LogP contribution in [0.1, 0.15) is 51.0 Å². The van der Waals surface area contributed by atoms with E-state index >= 15 is 0 Å². The lowest BCUT2D eigenvalue weighted by Gasteiger charge is -2.38. The number of hydrogen-bond donors (Lipinski definition) is 1. The summed E-state index contributed by atoms with van der Waals surface area (Å²) in [6.45, 7) is 4.23. The van der Waals surface area contributed by atoms with Crippen molar-refractivity contribution >= 4 is 11.6 Å². The van der Waals surface area contributed by atoms with Gasteiger partial charge in [0.25, 0.3) is 0 Å². The molecule has 0 bridgehead atoms. The molecular formula is C17H25ClFN. The van der Waals surface area contributed by atoms with Crippen molar-refractivity contribution in [1.82, 2.24) is 5.32 Å². The molecular weight excluding hydrogens is 273 g/mol. The molecule has 2 rings (SSSR count). The second-order valence-electron chi connectivity index (χ2n) is 6.15. The van der Waals surface area contributed by atoms with Gasteiger partial charge in [-0.2, -0.15) is 0 Å². The average Bonchev–Trinajstić information content (AvgIpc) is 2.44. The third-order valence-electron chi connectivity index (χ3n) is 4.42. The van der Waals surface area contributed by atoms with E-state index in [4.69, 9.17) is 11.6 Å². The van der Waals surface area contributed by atoms with E-state index in [1.165, 1.54) is 38.2 Å². The summed E-state index contributed by atoms with van der Waals surface area (Å²) in [5.74, 6) is -0.155. The minimum absolute atomic E-state index is 0.155. The first-order valence-electron chi connectivity index (χ1n) is 7.80. The lowest BCUT2D eigenvalue weighted by atomic mass is 9.70. The van der Waals surface area contributed by atoms with E-state index in [9.17, 15) is 4.39 Å². The summed E-state index contributed by atoms with van der Waals surface area (Å²) in [7, 11) is 0. The Labute approximate surface area is 126 Å². The molecule has 0 spiro atoms. The minimum Gasteiger partial charge on any atom is -0.316 e. The Balaban J connectivity index is 2.10. The number of rotatable bonds is 6. The zero-order valence-corrected chi connectivity index (χ0v) is 13.1. The quantitative estimate of drug-likeness (QED) is 0.731. The SMILES string of the molecule is CCCNCC1(Cc2ccc(Cl)cc2F)CCCCC1. The first-order valence-corrected chi connectivity index (χ1v) is 8.18. The molecule has 1 N–H and O–H groups in total. The van der Waals surface area contributed by atoms with Gasteiger partial charge in [-0.25, -0.2) is 4.39 Å². The van der Waals surface area contributed by atoms with Crippen LogP contribution < -0.4 is 5.32 Å². The molecule has 112 valence electrons. The van der Waals surface area contributed by atoms with Gasteiger partial charge in [0.1, 0.15) is 5.82 Å². The highest BCUT2D eigenvalue weighted by molar-refractivity contribution is 6.30. The van der Waals surface area contributed by atoms with E-state index in [0.29, 0.717) is 5.02 Å². The summed E-state index contributed by atoms with van der Waals surface area (Å²) in [4.78, 5) is 0. The van der Waals surface area contributed by atoms with E-state index in [1.807, 2.05) is 6.07 Å². The first kappa shape index (κ1) is 15.8. The molecule has 0 aromatic heterocycles. The van der Waals surface area contributed by atoms with E-state index in [2.05, 4.69) is 12.2 Å². The Bertz CT molecular complexity index is 427. The van der Waals surface area contributed by atoms with Gasteiger partial charge < -0.3 is 5.32 Å². The molecule has 0 aliphatic heterocycles. The average molecular weight is 298 g/mol. The van der Waals surface area contributed by atoms with Gasteiger partial charge in [0.05, 0.1) is 0 Å². The molecule has 1 saturated carbocycles. The van der Waals surface area contributed by atoms with Crippen LogP contribution in [-0.2, 0) is 6.42 Å². The zero-order chi connectivity index (χ0) is 14.4. The van der Waals surface area contributed by atoms with Gasteiger partial charge in [0.2, 0.25) is 0 Å². The maximum atomic E-state index is 14.1. The highest BCUT2D eigenvalue weighted by Gasteiger charge is 2.32. The standard InChI is InChI=1S/C17H25ClFN/c1-2-10-20-13-17(8-4-3-5-9-17)12-14-6-7-15(18)11-16(14)19/h6-7,11,20H,2-5,8-10,12-13H2,1H3. The number of halogens is 2. The maximum absolute atomic E-state index is 14.1. The predicted octanol–water partition coefficient (Wildman–Crippen LogP) is 4.97. The summed E-state index contributed by atoms with van der Waals surface area (Å²) in [5, 5.41) is 4.03. The van der Waals surface area contributed by atoms with Gasteiger partial charge in [0, 0.05) is 11.6 Å². The molecule has 1 nitrogen and oxygen atoms in total. The Morgan fingerprint density at radius 3 is 2.65 bits per heavy atom. The minimum atomic E-state index is -0.155. The highest BCUT2D eigenvalue weighted by atomic mass is 35.5. The summed E-state index contributed by atoms with van der Waals surface area (Å²) >= 11 is 5.84. The monoisotopic (exact) mass is 297 g/mol. The van der Waals surface area contributed by atoms with Crippen LogP contribution in [0.25, 0.3) is 0 Å². The second kappa shape index (κ2) is 7.42. The van der Waals surface area contributed by atoms with Crippen molar-refractivity contribution in [1.29, 1.82) is 0 Å². The van der Waals surface area contributed by atoms with Gasteiger partial charge in [0.15, 0.2) is 0 Å². The molecule has 0 unspecified atom stereocenters. The van der Waals surface area contributed by atoms with Gasteiger partial charge >= 0.3 is 0 Å². The van der Waals surface area contributed by atoms with Crippen LogP contribution >= 0.6 is 11.6 Å². The molecule has 0 heterocycles. The van der Waals surface area contributed by atoms with Crippen molar-refractivity contribution in [3.05, 3.63) is 34.6 Å². The van der Waals surface area contributed by atoms with Gasteiger partial charge in [-0.1, -0.05) is 43.9 Å². The van der Waals surface area contributed by atoms with Crippen LogP contribution in [0.15, 0.2) is 18.2 Å². The molecule has 0 radical (unpaired) electrons. The Morgan fingerprint density at radius 1 is 1.25 bits per heavy atom. The molecule has 3 heteroatoms. The molecule has 1 aliphatic rings. The van der Waals surface area contributed by atoms with E-state index in [-0.39, 0.29) is 11.2 Å². The van der Waals surface area contributed by atoms with E-state index in [0.717, 1.165) is 31.5 Å². The van der Waals surface area contributed by atoms with Crippen LogP contribution in [0, 0.1) is 11.2 Å². The molecule has 20 heavy (non-hydrogen) atoms. The van der Waals surface area contributed by atoms with Gasteiger partial charge in [-0.3, -0.25) is 0 Å². The van der Waals surface area contributed by atoms with Crippen molar-refractivity contribution in [3.63, 3.8) is 0 Å². The molecule has 1 aliphatic carbocycles. The van der Waals surface area contributed by atoms with Crippen LogP contribution in [0.2, 0.25) is 5.02 Å². The molecule has 1 aromatic carbocycles. The third kappa shape index (κ3) is 4.20. The van der Waals surface area contributed by atoms with Crippen molar-refractivity contribution in [2.75, 3.05) is 13.1 Å². The Hall–Kier alpha value is -0.600. The van der Waals surface area contributed by atoms with Crippen LogP contribution in [0.3, 0.4) is 0 Å². The van der Waals surface area contributed by atoms with Crippen LogP contribution in [0.5, 0.6) is 0 Å². The van der Waals surface area contributed by atoms with Crippen molar-refractivity contribution in [2.24, 2.45) is 5.41 Å². The van der Waals surface area contributed by atoms with Crippen LogP contribution in [-0.4, -0.2) is 13.1 Å². The fourth-order valence-corrected chi connectivity index (χ4v) is 3.48. The van der Waals surface area contributed by atoms with Gasteiger partial charge in [-0.05, 0) is 55.3 Å². The fraction of sp³-hybridized carbons (Fsp3) is 0.647. The smallest absolute Gasteiger partial charge is 0.127 e.